The third-order valence-corrected chi connectivity index (χ3v) is 3.99. The molecule has 3 N–H and O–H groups in total. The first kappa shape index (κ1) is 14.5. The van der Waals surface area contributed by atoms with Gasteiger partial charge in [0.2, 0.25) is 0 Å². The number of aliphatic carboxylic acids is 1. The highest BCUT2D eigenvalue weighted by molar-refractivity contribution is 9.10. The number of halogens is 1. The largest absolute Gasteiger partial charge is 0.480 e. The molecule has 0 amide bonds. The molecular formula is C12H16BrNO2S. The zero-order chi connectivity index (χ0) is 13.1. The maximum absolute atomic E-state index is 10.9. The molecule has 0 bridgehead atoms. The third-order valence-electron chi connectivity index (χ3n) is 2.35. The highest BCUT2D eigenvalue weighted by Gasteiger charge is 2.30. The van der Waals surface area contributed by atoms with Gasteiger partial charge in [0.05, 0.1) is 0 Å². The molecule has 0 saturated carbocycles. The van der Waals surface area contributed by atoms with Crippen LogP contribution in [0.15, 0.2) is 33.6 Å². The molecule has 17 heavy (non-hydrogen) atoms. The minimum atomic E-state index is -1.16. The van der Waals surface area contributed by atoms with Gasteiger partial charge in [-0.3, -0.25) is 4.79 Å². The lowest BCUT2D eigenvalue weighted by Crippen LogP contribution is -2.46. The second-order valence-electron chi connectivity index (χ2n) is 4.31. The number of hydrogen-bond acceptors (Lipinski definition) is 3. The second kappa shape index (κ2) is 5.89. The van der Waals surface area contributed by atoms with Crippen LogP contribution in [0.4, 0.5) is 0 Å². The van der Waals surface area contributed by atoms with E-state index >= 15 is 0 Å². The Morgan fingerprint density at radius 1 is 1.53 bits per heavy atom. The van der Waals surface area contributed by atoms with E-state index in [1.807, 2.05) is 31.2 Å². The van der Waals surface area contributed by atoms with E-state index in [0.29, 0.717) is 6.42 Å². The predicted molar refractivity (Wildman–Crippen MR) is 74.3 cm³/mol. The average molecular weight is 318 g/mol. The molecule has 0 radical (unpaired) electrons. The SMILES string of the molecule is CC(CC(C)(N)C(=O)O)Sc1ccc(Br)cc1. The zero-order valence-electron chi connectivity index (χ0n) is 9.81. The van der Waals surface area contributed by atoms with Crippen molar-refractivity contribution < 1.29 is 9.90 Å². The van der Waals surface area contributed by atoms with Crippen LogP contribution in [-0.4, -0.2) is 21.9 Å². The number of benzene rings is 1. The predicted octanol–water partition coefficient (Wildman–Crippen LogP) is 3.12. The molecule has 0 spiro atoms. The molecule has 3 nitrogen and oxygen atoms in total. The average Bonchev–Trinajstić information content (AvgIpc) is 2.20. The van der Waals surface area contributed by atoms with Crippen LogP contribution in [0.2, 0.25) is 0 Å². The fourth-order valence-electron chi connectivity index (χ4n) is 1.47. The summed E-state index contributed by atoms with van der Waals surface area (Å²) in [6.45, 7) is 3.54. The molecule has 0 fully saturated rings. The summed E-state index contributed by atoms with van der Waals surface area (Å²) >= 11 is 5.00. The Morgan fingerprint density at radius 3 is 2.53 bits per heavy atom. The first-order valence-electron chi connectivity index (χ1n) is 5.26. The molecule has 2 atom stereocenters. The Bertz CT molecular complexity index is 392. The standard InChI is InChI=1S/C12H16BrNO2S/c1-8(7-12(2,14)11(15)16)17-10-5-3-9(13)4-6-10/h3-6,8H,7,14H2,1-2H3,(H,15,16). The van der Waals surface area contributed by atoms with Crippen LogP contribution in [-0.2, 0) is 4.79 Å². The van der Waals surface area contributed by atoms with Crippen molar-refractivity contribution in [2.75, 3.05) is 0 Å². The topological polar surface area (TPSA) is 63.3 Å². The number of carboxylic acids is 1. The van der Waals surface area contributed by atoms with Crippen molar-refractivity contribution in [3.8, 4) is 0 Å². The van der Waals surface area contributed by atoms with Crippen LogP contribution in [0.25, 0.3) is 0 Å². The highest BCUT2D eigenvalue weighted by Crippen LogP contribution is 2.28. The first-order chi connectivity index (χ1) is 7.81. The quantitative estimate of drug-likeness (QED) is 0.819. The van der Waals surface area contributed by atoms with Gasteiger partial charge in [-0.1, -0.05) is 22.9 Å². The van der Waals surface area contributed by atoms with Crippen molar-refractivity contribution in [2.24, 2.45) is 5.73 Å². The third kappa shape index (κ3) is 4.69. The van der Waals surface area contributed by atoms with Crippen molar-refractivity contribution in [2.45, 2.75) is 36.0 Å². The molecule has 1 aromatic rings. The molecule has 94 valence electrons. The van der Waals surface area contributed by atoms with Gasteiger partial charge in [0, 0.05) is 14.6 Å². The van der Waals surface area contributed by atoms with Crippen molar-refractivity contribution in [3.63, 3.8) is 0 Å². The molecule has 0 aliphatic carbocycles. The van der Waals surface area contributed by atoms with Crippen molar-refractivity contribution in [3.05, 3.63) is 28.7 Å². The summed E-state index contributed by atoms with van der Waals surface area (Å²) < 4.78 is 1.03. The van der Waals surface area contributed by atoms with Gasteiger partial charge in [-0.05, 0) is 37.6 Å². The Hall–Kier alpha value is -0.520. The van der Waals surface area contributed by atoms with Crippen LogP contribution in [0.1, 0.15) is 20.3 Å². The van der Waals surface area contributed by atoms with Crippen LogP contribution in [0, 0.1) is 0 Å². The number of rotatable bonds is 5. The molecule has 2 unspecified atom stereocenters. The fourth-order valence-corrected chi connectivity index (χ4v) is 2.92. The van der Waals surface area contributed by atoms with E-state index in [2.05, 4.69) is 15.9 Å². The number of nitrogens with two attached hydrogens (primary N) is 1. The van der Waals surface area contributed by atoms with Gasteiger partial charge in [0.1, 0.15) is 5.54 Å². The lowest BCUT2D eigenvalue weighted by atomic mass is 9.98. The van der Waals surface area contributed by atoms with Crippen molar-refractivity contribution in [1.29, 1.82) is 0 Å². The smallest absolute Gasteiger partial charge is 0.323 e. The lowest BCUT2D eigenvalue weighted by molar-refractivity contribution is -0.142. The van der Waals surface area contributed by atoms with Crippen LogP contribution in [0.3, 0.4) is 0 Å². The Kier molecular flexibility index (Phi) is 5.04. The molecule has 0 aromatic heterocycles. The van der Waals surface area contributed by atoms with E-state index < -0.39 is 11.5 Å². The summed E-state index contributed by atoms with van der Waals surface area (Å²) in [6, 6.07) is 7.93. The van der Waals surface area contributed by atoms with Gasteiger partial charge in [0.15, 0.2) is 0 Å². The Morgan fingerprint density at radius 2 is 2.06 bits per heavy atom. The minimum absolute atomic E-state index is 0.155. The summed E-state index contributed by atoms with van der Waals surface area (Å²) in [4.78, 5) is 12.0. The van der Waals surface area contributed by atoms with Gasteiger partial charge < -0.3 is 10.8 Å². The molecule has 1 rings (SSSR count). The summed E-state index contributed by atoms with van der Waals surface area (Å²) in [7, 11) is 0. The summed E-state index contributed by atoms with van der Waals surface area (Å²) in [5.74, 6) is -0.958. The maximum atomic E-state index is 10.9. The van der Waals surface area contributed by atoms with E-state index in [9.17, 15) is 4.79 Å². The molecular weight excluding hydrogens is 302 g/mol. The number of hydrogen-bond donors (Lipinski definition) is 2. The second-order valence-corrected chi connectivity index (χ2v) is 6.74. The molecule has 0 heterocycles. The van der Waals surface area contributed by atoms with Gasteiger partial charge >= 0.3 is 5.97 Å². The zero-order valence-corrected chi connectivity index (χ0v) is 12.2. The number of carboxylic acid groups (broad SMARTS) is 1. The fraction of sp³-hybridized carbons (Fsp3) is 0.417. The van der Waals surface area contributed by atoms with E-state index in [1.165, 1.54) is 0 Å². The Labute approximate surface area is 114 Å². The van der Waals surface area contributed by atoms with E-state index in [4.69, 9.17) is 10.8 Å². The summed E-state index contributed by atoms with van der Waals surface area (Å²) in [6.07, 6.45) is 0.434. The van der Waals surface area contributed by atoms with Crippen LogP contribution >= 0.6 is 27.7 Å². The summed E-state index contributed by atoms with van der Waals surface area (Å²) in [5, 5.41) is 9.11. The lowest BCUT2D eigenvalue weighted by Gasteiger charge is -2.23. The summed E-state index contributed by atoms with van der Waals surface area (Å²) in [5.41, 5.74) is 4.55. The monoisotopic (exact) mass is 317 g/mol. The molecule has 0 saturated heterocycles. The number of thioether (sulfide) groups is 1. The van der Waals surface area contributed by atoms with E-state index in [1.54, 1.807) is 18.7 Å². The maximum Gasteiger partial charge on any atom is 0.323 e. The van der Waals surface area contributed by atoms with Crippen LogP contribution < -0.4 is 5.73 Å². The van der Waals surface area contributed by atoms with Gasteiger partial charge in [-0.15, -0.1) is 11.8 Å². The van der Waals surface area contributed by atoms with Gasteiger partial charge in [-0.2, -0.15) is 0 Å². The minimum Gasteiger partial charge on any atom is -0.480 e. The van der Waals surface area contributed by atoms with E-state index in [-0.39, 0.29) is 5.25 Å². The first-order valence-corrected chi connectivity index (χ1v) is 6.93. The molecule has 0 aliphatic rings. The van der Waals surface area contributed by atoms with E-state index in [0.717, 1.165) is 9.37 Å². The molecule has 5 heteroatoms. The van der Waals surface area contributed by atoms with Gasteiger partial charge in [0.25, 0.3) is 0 Å². The molecule has 0 aliphatic heterocycles. The van der Waals surface area contributed by atoms with Crippen molar-refractivity contribution >= 4 is 33.7 Å². The highest BCUT2D eigenvalue weighted by atomic mass is 79.9. The normalized spacial score (nSPS) is 16.2. The molecule has 1 aromatic carbocycles. The van der Waals surface area contributed by atoms with Crippen LogP contribution in [0.5, 0.6) is 0 Å². The van der Waals surface area contributed by atoms with Gasteiger partial charge in [-0.25, -0.2) is 0 Å². The van der Waals surface area contributed by atoms with Crippen molar-refractivity contribution in [1.82, 2.24) is 0 Å². The number of carbonyl (C=O) groups is 1. The Balaban J connectivity index is 2.58.